The van der Waals surface area contributed by atoms with E-state index in [4.69, 9.17) is 18.3 Å². The SMILES string of the molecule is CCOC(=O)c1c(O[Si](C)(C)C(C)(C)C)c(O[Si](C)(C)C(C)(C)C)n(C2CCCCC2)c1C(=O)OCc1ccccc1. The van der Waals surface area contributed by atoms with Crippen LogP contribution in [0.2, 0.25) is 36.3 Å². The summed E-state index contributed by atoms with van der Waals surface area (Å²) >= 11 is 0. The number of benzene rings is 1. The van der Waals surface area contributed by atoms with Crippen molar-refractivity contribution in [1.29, 1.82) is 0 Å². The fraction of sp³-hybridized carbons (Fsp3) is 0.636. The van der Waals surface area contributed by atoms with Gasteiger partial charge in [0.2, 0.25) is 5.88 Å². The van der Waals surface area contributed by atoms with Crippen LogP contribution in [-0.2, 0) is 16.1 Å². The Hall–Kier alpha value is -2.53. The van der Waals surface area contributed by atoms with Crippen molar-refractivity contribution in [2.75, 3.05) is 6.61 Å². The lowest BCUT2D eigenvalue weighted by Gasteiger charge is -2.40. The van der Waals surface area contributed by atoms with Crippen LogP contribution >= 0.6 is 0 Å². The van der Waals surface area contributed by atoms with Gasteiger partial charge in [0.1, 0.15) is 17.9 Å². The van der Waals surface area contributed by atoms with Gasteiger partial charge in [0.25, 0.3) is 16.6 Å². The van der Waals surface area contributed by atoms with Crippen molar-refractivity contribution in [3.63, 3.8) is 0 Å². The first kappa shape index (κ1) is 34.0. The topological polar surface area (TPSA) is 76.0 Å². The molecule has 1 aliphatic carbocycles. The number of carbonyl (C=O) groups excluding carboxylic acids is 2. The van der Waals surface area contributed by atoms with Gasteiger partial charge in [0.15, 0.2) is 5.75 Å². The molecule has 0 N–H and O–H groups in total. The lowest BCUT2D eigenvalue weighted by molar-refractivity contribution is 0.0428. The molecule has 234 valence electrons. The molecule has 3 rings (SSSR count). The second-order valence-electron chi connectivity index (χ2n) is 14.5. The molecule has 7 nitrogen and oxygen atoms in total. The Labute approximate surface area is 255 Å². The van der Waals surface area contributed by atoms with Gasteiger partial charge in [-0.15, -0.1) is 0 Å². The van der Waals surface area contributed by atoms with Crippen molar-refractivity contribution in [2.24, 2.45) is 0 Å². The minimum absolute atomic E-state index is 0.0252. The number of hydrogen-bond donors (Lipinski definition) is 0. The summed E-state index contributed by atoms with van der Waals surface area (Å²) in [6.45, 7) is 23.7. The molecule has 0 spiro atoms. The zero-order chi connectivity index (χ0) is 31.5. The summed E-state index contributed by atoms with van der Waals surface area (Å²) in [4.78, 5) is 28.0. The quantitative estimate of drug-likeness (QED) is 0.196. The van der Waals surface area contributed by atoms with Gasteiger partial charge in [-0.25, -0.2) is 9.59 Å². The number of aromatic nitrogens is 1. The molecule has 1 fully saturated rings. The third kappa shape index (κ3) is 7.51. The Balaban J connectivity index is 2.36. The highest BCUT2D eigenvalue weighted by Gasteiger charge is 2.47. The van der Waals surface area contributed by atoms with Crippen molar-refractivity contribution in [1.82, 2.24) is 4.57 Å². The van der Waals surface area contributed by atoms with E-state index in [1.54, 1.807) is 6.92 Å². The molecule has 0 amide bonds. The molecule has 1 aliphatic rings. The molecule has 1 heterocycles. The zero-order valence-corrected chi connectivity index (χ0v) is 29.8. The van der Waals surface area contributed by atoms with Gasteiger partial charge >= 0.3 is 11.9 Å². The number of carbonyl (C=O) groups is 2. The van der Waals surface area contributed by atoms with Crippen molar-refractivity contribution < 1.29 is 27.9 Å². The second-order valence-corrected chi connectivity index (χ2v) is 24.0. The monoisotopic (exact) mass is 615 g/mol. The maximum atomic E-state index is 14.2. The van der Waals surface area contributed by atoms with Crippen LogP contribution in [0.15, 0.2) is 30.3 Å². The standard InChI is InChI=1S/C33H53NO6Si2/c1-12-37-30(35)26-27(31(36)38-23-24-19-15-13-16-20-24)34(25-21-17-14-18-22-25)29(40-42(10,11)33(5,6)7)28(26)39-41(8,9)32(2,3)4/h13,15-16,19-20,25H,12,14,17-18,21-23H2,1-11H3. The van der Waals surface area contributed by atoms with Crippen molar-refractivity contribution in [2.45, 2.75) is 129 Å². The van der Waals surface area contributed by atoms with E-state index in [2.05, 4.69) is 67.7 Å². The van der Waals surface area contributed by atoms with Crippen LogP contribution in [0.25, 0.3) is 0 Å². The number of nitrogens with zero attached hydrogens (tertiary/aromatic N) is 1. The smallest absolute Gasteiger partial charge is 0.356 e. The van der Waals surface area contributed by atoms with Crippen LogP contribution in [0, 0.1) is 0 Å². The van der Waals surface area contributed by atoms with E-state index in [9.17, 15) is 9.59 Å². The summed E-state index contributed by atoms with van der Waals surface area (Å²) < 4.78 is 27.6. The van der Waals surface area contributed by atoms with Gasteiger partial charge in [-0.3, -0.25) is 0 Å². The molecule has 9 heteroatoms. The summed E-state index contributed by atoms with van der Waals surface area (Å²) in [5.74, 6) is -0.347. The summed E-state index contributed by atoms with van der Waals surface area (Å²) in [7, 11) is -4.95. The molecule has 42 heavy (non-hydrogen) atoms. The number of ether oxygens (including phenoxy) is 2. The van der Waals surface area contributed by atoms with Gasteiger partial charge in [-0.05, 0) is 61.6 Å². The van der Waals surface area contributed by atoms with Gasteiger partial charge < -0.3 is 22.9 Å². The van der Waals surface area contributed by atoms with Gasteiger partial charge in [-0.2, -0.15) is 0 Å². The zero-order valence-electron chi connectivity index (χ0n) is 27.8. The Morgan fingerprint density at radius 3 is 1.88 bits per heavy atom. The van der Waals surface area contributed by atoms with Crippen molar-refractivity contribution in [3.8, 4) is 11.6 Å². The molecule has 0 atom stereocenters. The van der Waals surface area contributed by atoms with Crippen LogP contribution in [0.3, 0.4) is 0 Å². The summed E-state index contributed by atoms with van der Waals surface area (Å²) in [5, 5.41) is -0.283. The molecule has 1 aromatic heterocycles. The molecule has 1 saturated carbocycles. The van der Waals surface area contributed by atoms with Gasteiger partial charge in [0.05, 0.1) is 6.61 Å². The van der Waals surface area contributed by atoms with Gasteiger partial charge in [-0.1, -0.05) is 91.1 Å². The average Bonchev–Trinajstić information content (AvgIpc) is 3.19. The lowest BCUT2D eigenvalue weighted by Crippen LogP contribution is -2.46. The molecular formula is C33H53NO6Si2. The first-order valence-corrected chi connectivity index (χ1v) is 21.3. The average molecular weight is 616 g/mol. The van der Waals surface area contributed by atoms with Crippen LogP contribution in [0.5, 0.6) is 11.6 Å². The Morgan fingerprint density at radius 2 is 1.36 bits per heavy atom. The summed E-state index contributed by atoms with van der Waals surface area (Å²) in [6, 6.07) is 9.55. The minimum atomic E-state index is -2.50. The third-order valence-electron chi connectivity index (χ3n) is 9.26. The highest BCUT2D eigenvalue weighted by atomic mass is 28.4. The maximum Gasteiger partial charge on any atom is 0.356 e. The molecule has 0 bridgehead atoms. The highest BCUT2D eigenvalue weighted by Crippen LogP contribution is 2.50. The Bertz CT molecular complexity index is 1230. The van der Waals surface area contributed by atoms with E-state index in [-0.39, 0.29) is 40.6 Å². The maximum absolute atomic E-state index is 14.2. The summed E-state index contributed by atoms with van der Waals surface area (Å²) in [5.41, 5.74) is 1.17. The Morgan fingerprint density at radius 1 is 0.810 bits per heavy atom. The Kier molecular flexibility index (Phi) is 10.5. The van der Waals surface area contributed by atoms with Crippen molar-refractivity contribution >= 4 is 28.6 Å². The molecular weight excluding hydrogens is 563 g/mol. The second kappa shape index (κ2) is 13.0. The fourth-order valence-corrected chi connectivity index (χ4v) is 6.60. The van der Waals surface area contributed by atoms with Crippen LogP contribution in [-0.4, -0.2) is 39.7 Å². The van der Waals surface area contributed by atoms with E-state index in [1.807, 2.05) is 34.9 Å². The molecule has 0 radical (unpaired) electrons. The van der Waals surface area contributed by atoms with E-state index < -0.39 is 28.6 Å². The largest absolute Gasteiger partial charge is 0.539 e. The number of rotatable bonds is 10. The van der Waals surface area contributed by atoms with E-state index in [0.29, 0.717) is 11.6 Å². The molecule has 1 aromatic carbocycles. The van der Waals surface area contributed by atoms with Crippen LogP contribution < -0.4 is 8.85 Å². The summed E-state index contributed by atoms with van der Waals surface area (Å²) in [6.07, 6.45) is 4.97. The van der Waals surface area contributed by atoms with Gasteiger partial charge in [0, 0.05) is 6.04 Å². The van der Waals surface area contributed by atoms with Crippen molar-refractivity contribution in [3.05, 3.63) is 47.2 Å². The highest BCUT2D eigenvalue weighted by molar-refractivity contribution is 6.75. The third-order valence-corrected chi connectivity index (χ3v) is 17.9. The van der Waals surface area contributed by atoms with E-state index in [1.165, 1.54) is 0 Å². The van der Waals surface area contributed by atoms with E-state index >= 15 is 0 Å². The predicted octanol–water partition coefficient (Wildman–Crippen LogP) is 9.30. The molecule has 2 aromatic rings. The molecule has 0 aliphatic heterocycles. The first-order chi connectivity index (χ1) is 19.4. The van der Waals surface area contributed by atoms with Crippen LogP contribution in [0.4, 0.5) is 0 Å². The predicted molar refractivity (Wildman–Crippen MR) is 174 cm³/mol. The number of esters is 2. The number of hydrogen-bond acceptors (Lipinski definition) is 6. The normalized spacial score (nSPS) is 15.3. The van der Waals surface area contributed by atoms with E-state index in [0.717, 1.165) is 37.7 Å². The fourth-order valence-electron chi connectivity index (χ4n) is 4.61. The molecule has 0 saturated heterocycles. The molecule has 0 unspecified atom stereocenters. The first-order valence-electron chi connectivity index (χ1n) is 15.5. The lowest BCUT2D eigenvalue weighted by atomic mass is 9.95. The minimum Gasteiger partial charge on any atom is -0.539 e. The van der Waals surface area contributed by atoms with Crippen LogP contribution in [0.1, 0.15) is 113 Å².